The Morgan fingerprint density at radius 1 is 0.667 bits per heavy atom. The molecule has 1 unspecified atom stereocenters. The summed E-state index contributed by atoms with van der Waals surface area (Å²) in [6.07, 6.45) is 14.6. The monoisotopic (exact) mass is 579 g/mol. The van der Waals surface area contributed by atoms with Crippen molar-refractivity contribution in [1.82, 2.24) is 0 Å². The average Bonchev–Trinajstić information content (AvgIpc) is 3.33. The second-order valence-corrected chi connectivity index (χ2v) is 11.7. The predicted octanol–water partition coefficient (Wildman–Crippen LogP) is 12.1. The number of hydrogen-bond acceptors (Lipinski definition) is 1. The second kappa shape index (κ2) is 12.7. The van der Waals surface area contributed by atoms with Crippen molar-refractivity contribution >= 4 is 38.5 Å². The fourth-order valence-corrected chi connectivity index (χ4v) is 6.58. The maximum absolute atomic E-state index is 2.40. The van der Waals surface area contributed by atoms with Crippen LogP contribution in [0.25, 0.3) is 38.2 Å². The molecule has 1 aliphatic rings. The Kier molecular flexibility index (Phi) is 8.00. The van der Waals surface area contributed by atoms with Crippen LogP contribution in [0.15, 0.2) is 176 Å². The first-order valence-electron chi connectivity index (χ1n) is 15.9. The minimum absolute atomic E-state index is 0.243. The van der Waals surface area contributed by atoms with Gasteiger partial charge >= 0.3 is 0 Å². The third-order valence-corrected chi connectivity index (χ3v) is 8.91. The van der Waals surface area contributed by atoms with E-state index in [1.54, 1.807) is 0 Å². The first-order valence-corrected chi connectivity index (χ1v) is 15.9. The van der Waals surface area contributed by atoms with E-state index >= 15 is 0 Å². The minimum atomic E-state index is 0.243. The molecule has 218 valence electrons. The first kappa shape index (κ1) is 28.4. The highest BCUT2D eigenvalue weighted by Gasteiger charge is 2.18. The van der Waals surface area contributed by atoms with Gasteiger partial charge in [-0.05, 0) is 87.5 Å². The fourth-order valence-electron chi connectivity index (χ4n) is 6.58. The van der Waals surface area contributed by atoms with E-state index < -0.39 is 0 Å². The van der Waals surface area contributed by atoms with Gasteiger partial charge in [0.25, 0.3) is 0 Å². The number of hydrogen-bond donors (Lipinski definition) is 0. The van der Waals surface area contributed by atoms with Crippen molar-refractivity contribution in [1.29, 1.82) is 0 Å². The molecule has 0 bridgehead atoms. The number of rotatable bonds is 7. The molecular formula is C44H37N. The van der Waals surface area contributed by atoms with Crippen LogP contribution in [0.4, 0.5) is 11.4 Å². The van der Waals surface area contributed by atoms with Gasteiger partial charge in [0.1, 0.15) is 0 Å². The summed E-state index contributed by atoms with van der Waals surface area (Å²) in [5.74, 6) is 0.243. The zero-order valence-electron chi connectivity index (χ0n) is 25.9. The van der Waals surface area contributed by atoms with Gasteiger partial charge in [-0.3, -0.25) is 0 Å². The standard InChI is InChI=1S/C44H37N/c1-3-37(29-26-32(2)39-20-8-4-14-33-15-5-9-21-40(33)39)45(44-25-13-19-35-17-7-11-23-43(35)44)38-30-27-36(28-31-38)42-24-12-18-34-16-6-10-22-41(34)42/h3-13,15-32H,14H2,1-2H3/b29-26-,37-3+. The van der Waals surface area contributed by atoms with Crippen molar-refractivity contribution in [3.63, 3.8) is 0 Å². The van der Waals surface area contributed by atoms with Gasteiger partial charge in [0.2, 0.25) is 0 Å². The Morgan fingerprint density at radius 2 is 1.31 bits per heavy atom. The van der Waals surface area contributed by atoms with Crippen LogP contribution in [-0.2, 0) is 6.42 Å². The van der Waals surface area contributed by atoms with Crippen molar-refractivity contribution in [2.24, 2.45) is 5.92 Å². The van der Waals surface area contributed by atoms with Crippen LogP contribution in [0.2, 0.25) is 0 Å². The van der Waals surface area contributed by atoms with Crippen LogP contribution >= 0.6 is 0 Å². The second-order valence-electron chi connectivity index (χ2n) is 11.7. The number of anilines is 2. The van der Waals surface area contributed by atoms with E-state index in [0.29, 0.717) is 0 Å². The molecule has 0 aromatic heterocycles. The zero-order chi connectivity index (χ0) is 30.6. The molecule has 0 spiro atoms. The lowest BCUT2D eigenvalue weighted by Gasteiger charge is -2.28. The van der Waals surface area contributed by atoms with Gasteiger partial charge in [0.05, 0.1) is 5.69 Å². The summed E-state index contributed by atoms with van der Waals surface area (Å²) in [5, 5.41) is 4.99. The zero-order valence-corrected chi connectivity index (χ0v) is 25.9. The summed E-state index contributed by atoms with van der Waals surface area (Å²) in [4.78, 5) is 2.40. The van der Waals surface area contributed by atoms with E-state index in [2.05, 4.69) is 189 Å². The van der Waals surface area contributed by atoms with E-state index in [1.165, 1.54) is 55.1 Å². The minimum Gasteiger partial charge on any atom is -0.310 e. The van der Waals surface area contributed by atoms with E-state index in [0.717, 1.165) is 17.8 Å². The Balaban J connectivity index is 1.29. The highest BCUT2D eigenvalue weighted by atomic mass is 15.1. The molecule has 0 heterocycles. The lowest BCUT2D eigenvalue weighted by molar-refractivity contribution is 0.957. The largest absolute Gasteiger partial charge is 0.310 e. The molecule has 1 atom stereocenters. The molecule has 0 radical (unpaired) electrons. The first-order chi connectivity index (χ1) is 22.2. The molecule has 45 heavy (non-hydrogen) atoms. The molecule has 0 amide bonds. The van der Waals surface area contributed by atoms with Crippen molar-refractivity contribution < 1.29 is 0 Å². The lowest BCUT2D eigenvalue weighted by atomic mass is 9.90. The molecule has 0 fully saturated rings. The maximum atomic E-state index is 2.40. The van der Waals surface area contributed by atoms with Crippen LogP contribution < -0.4 is 4.90 Å². The van der Waals surface area contributed by atoms with Crippen LogP contribution in [0.3, 0.4) is 0 Å². The van der Waals surface area contributed by atoms with Gasteiger partial charge in [-0.25, -0.2) is 0 Å². The van der Waals surface area contributed by atoms with E-state index in [4.69, 9.17) is 0 Å². The molecular weight excluding hydrogens is 542 g/mol. The number of allylic oxidation sites excluding steroid dienone is 7. The number of benzene rings is 6. The molecule has 1 nitrogen and oxygen atoms in total. The highest BCUT2D eigenvalue weighted by Crippen LogP contribution is 2.38. The molecule has 0 N–H and O–H groups in total. The molecule has 1 heteroatoms. The Labute approximate surface area is 266 Å². The molecule has 0 saturated heterocycles. The third-order valence-electron chi connectivity index (χ3n) is 8.91. The third kappa shape index (κ3) is 5.66. The summed E-state index contributed by atoms with van der Waals surface area (Å²) in [5.41, 5.74) is 9.97. The predicted molar refractivity (Wildman–Crippen MR) is 195 cm³/mol. The molecule has 6 aromatic carbocycles. The Bertz CT molecular complexity index is 2100. The molecule has 0 saturated carbocycles. The van der Waals surface area contributed by atoms with E-state index in [-0.39, 0.29) is 5.92 Å². The summed E-state index contributed by atoms with van der Waals surface area (Å²) in [6, 6.07) is 48.2. The SMILES string of the molecule is C/C=C(\C=C/C(C)C1=CC=CCc2ccccc21)N(c1ccc(-c2cccc3ccccc23)cc1)c1cccc2ccccc12. The topological polar surface area (TPSA) is 3.24 Å². The van der Waals surface area contributed by atoms with Crippen molar-refractivity contribution in [2.45, 2.75) is 20.3 Å². The van der Waals surface area contributed by atoms with Gasteiger partial charge in [-0.1, -0.05) is 153 Å². The van der Waals surface area contributed by atoms with E-state index in [9.17, 15) is 0 Å². The quantitative estimate of drug-likeness (QED) is 0.170. The molecule has 7 rings (SSSR count). The van der Waals surface area contributed by atoms with Gasteiger partial charge < -0.3 is 4.90 Å². The number of nitrogens with zero attached hydrogens (tertiary/aromatic N) is 1. The van der Waals surface area contributed by atoms with Gasteiger partial charge in [0.15, 0.2) is 0 Å². The average molecular weight is 580 g/mol. The smallest absolute Gasteiger partial charge is 0.0539 e. The van der Waals surface area contributed by atoms with Gasteiger partial charge in [0, 0.05) is 16.8 Å². The fraction of sp³-hybridized carbons (Fsp3) is 0.0909. The maximum Gasteiger partial charge on any atom is 0.0539 e. The summed E-state index contributed by atoms with van der Waals surface area (Å²) in [7, 11) is 0. The lowest BCUT2D eigenvalue weighted by Crippen LogP contribution is -2.15. The number of fused-ring (bicyclic) bond motifs is 3. The Morgan fingerprint density at radius 3 is 2.11 bits per heavy atom. The van der Waals surface area contributed by atoms with Crippen LogP contribution in [0.5, 0.6) is 0 Å². The normalized spacial score (nSPS) is 13.9. The van der Waals surface area contributed by atoms with Crippen LogP contribution in [-0.4, -0.2) is 0 Å². The van der Waals surface area contributed by atoms with Gasteiger partial charge in [-0.15, -0.1) is 0 Å². The highest BCUT2D eigenvalue weighted by molar-refractivity contribution is 5.99. The van der Waals surface area contributed by atoms with Gasteiger partial charge in [-0.2, -0.15) is 0 Å². The Hall–Kier alpha value is -5.40. The summed E-state index contributed by atoms with van der Waals surface area (Å²) in [6.45, 7) is 4.43. The van der Waals surface area contributed by atoms with Crippen molar-refractivity contribution in [3.8, 4) is 11.1 Å². The molecule has 1 aliphatic carbocycles. The van der Waals surface area contributed by atoms with E-state index in [1.807, 2.05) is 0 Å². The molecule has 0 aliphatic heterocycles. The van der Waals surface area contributed by atoms with Crippen molar-refractivity contribution in [2.75, 3.05) is 4.90 Å². The van der Waals surface area contributed by atoms with Crippen molar-refractivity contribution in [3.05, 3.63) is 187 Å². The summed E-state index contributed by atoms with van der Waals surface area (Å²) >= 11 is 0. The summed E-state index contributed by atoms with van der Waals surface area (Å²) < 4.78 is 0. The molecule has 6 aromatic rings. The van der Waals surface area contributed by atoms with Crippen LogP contribution in [0.1, 0.15) is 25.0 Å². The van der Waals surface area contributed by atoms with Crippen LogP contribution in [0, 0.1) is 5.92 Å².